The molecule has 0 saturated heterocycles. The number of halogens is 1. The zero-order chi connectivity index (χ0) is 13.2. The third-order valence-electron chi connectivity index (χ3n) is 2.45. The fourth-order valence-electron chi connectivity index (χ4n) is 1.56. The van der Waals surface area contributed by atoms with Crippen molar-refractivity contribution in [2.75, 3.05) is 13.7 Å². The van der Waals surface area contributed by atoms with Gasteiger partial charge in [-0.2, -0.15) is 4.98 Å². The molecule has 0 saturated carbocycles. The van der Waals surface area contributed by atoms with Gasteiger partial charge in [0, 0.05) is 17.1 Å². The Bertz CT molecular complexity index is 540. The van der Waals surface area contributed by atoms with Crippen molar-refractivity contribution in [1.82, 2.24) is 10.1 Å². The topological polar surface area (TPSA) is 74.2 Å². The molecule has 0 aliphatic heterocycles. The molecule has 18 heavy (non-hydrogen) atoms. The van der Waals surface area contributed by atoms with E-state index in [0.717, 1.165) is 10.0 Å². The molecule has 1 atom stereocenters. The number of hydrogen-bond acceptors (Lipinski definition) is 5. The van der Waals surface area contributed by atoms with Gasteiger partial charge in [0.05, 0.1) is 6.61 Å². The SMILES string of the molecule is COCC(C)(N)c1noc(-c2cccc(Br)c2)n1. The van der Waals surface area contributed by atoms with E-state index in [1.807, 2.05) is 24.3 Å². The molecule has 2 rings (SSSR count). The molecule has 96 valence electrons. The van der Waals surface area contributed by atoms with Gasteiger partial charge in [-0.3, -0.25) is 0 Å². The van der Waals surface area contributed by atoms with Crippen LogP contribution in [0.4, 0.5) is 0 Å². The van der Waals surface area contributed by atoms with E-state index in [2.05, 4.69) is 26.1 Å². The largest absolute Gasteiger partial charge is 0.382 e. The van der Waals surface area contributed by atoms with Crippen LogP contribution in [0.15, 0.2) is 33.3 Å². The van der Waals surface area contributed by atoms with Gasteiger partial charge in [0.15, 0.2) is 5.82 Å². The van der Waals surface area contributed by atoms with Crippen LogP contribution in [0.5, 0.6) is 0 Å². The molecule has 1 unspecified atom stereocenters. The lowest BCUT2D eigenvalue weighted by Gasteiger charge is -2.18. The molecule has 0 aliphatic rings. The summed E-state index contributed by atoms with van der Waals surface area (Å²) in [5.41, 5.74) is 6.13. The molecule has 0 amide bonds. The second-order valence-electron chi connectivity index (χ2n) is 4.28. The highest BCUT2D eigenvalue weighted by atomic mass is 79.9. The van der Waals surface area contributed by atoms with Gasteiger partial charge in [0.25, 0.3) is 5.89 Å². The molecule has 2 N–H and O–H groups in total. The number of hydrogen-bond donors (Lipinski definition) is 1. The van der Waals surface area contributed by atoms with Crippen LogP contribution in [0.3, 0.4) is 0 Å². The van der Waals surface area contributed by atoms with Gasteiger partial charge in [0.1, 0.15) is 5.54 Å². The van der Waals surface area contributed by atoms with Crippen molar-refractivity contribution in [3.63, 3.8) is 0 Å². The van der Waals surface area contributed by atoms with Crippen molar-refractivity contribution in [3.8, 4) is 11.5 Å². The highest BCUT2D eigenvalue weighted by Gasteiger charge is 2.27. The van der Waals surface area contributed by atoms with Crippen LogP contribution in [-0.2, 0) is 10.3 Å². The third-order valence-corrected chi connectivity index (χ3v) is 2.95. The van der Waals surface area contributed by atoms with E-state index >= 15 is 0 Å². The first-order valence-electron chi connectivity index (χ1n) is 5.41. The number of nitrogens with two attached hydrogens (primary N) is 1. The summed E-state index contributed by atoms with van der Waals surface area (Å²) in [5.74, 6) is 0.874. The van der Waals surface area contributed by atoms with Crippen LogP contribution in [-0.4, -0.2) is 23.9 Å². The van der Waals surface area contributed by atoms with Crippen LogP contribution in [0.25, 0.3) is 11.5 Å². The van der Waals surface area contributed by atoms with Crippen LogP contribution in [0.1, 0.15) is 12.7 Å². The first-order valence-corrected chi connectivity index (χ1v) is 6.20. The molecule has 1 aromatic carbocycles. The molecule has 0 spiro atoms. The predicted octanol–water partition coefficient (Wildman–Crippen LogP) is 2.32. The molecule has 0 fully saturated rings. The number of aromatic nitrogens is 2. The molecular weight excluding hydrogens is 298 g/mol. The van der Waals surface area contributed by atoms with Crippen molar-refractivity contribution in [1.29, 1.82) is 0 Å². The maximum atomic E-state index is 6.05. The van der Waals surface area contributed by atoms with Gasteiger partial charge >= 0.3 is 0 Å². The Balaban J connectivity index is 2.31. The quantitative estimate of drug-likeness (QED) is 0.938. The first kappa shape index (κ1) is 13.2. The molecule has 6 heteroatoms. The minimum atomic E-state index is -0.761. The number of rotatable bonds is 4. The van der Waals surface area contributed by atoms with Gasteiger partial charge in [-0.25, -0.2) is 0 Å². The molecule has 0 aliphatic carbocycles. The lowest BCUT2D eigenvalue weighted by molar-refractivity contribution is 0.135. The Morgan fingerprint density at radius 1 is 1.50 bits per heavy atom. The third kappa shape index (κ3) is 2.77. The zero-order valence-electron chi connectivity index (χ0n) is 10.2. The highest BCUT2D eigenvalue weighted by molar-refractivity contribution is 9.10. The molecular formula is C12H14BrN3O2. The normalized spacial score (nSPS) is 14.4. The van der Waals surface area contributed by atoms with Crippen molar-refractivity contribution >= 4 is 15.9 Å². The smallest absolute Gasteiger partial charge is 0.258 e. The predicted molar refractivity (Wildman–Crippen MR) is 70.8 cm³/mol. The summed E-state index contributed by atoms with van der Waals surface area (Å²) in [6, 6.07) is 7.63. The minimum absolute atomic E-state index is 0.324. The van der Waals surface area contributed by atoms with Gasteiger partial charge < -0.3 is 15.0 Å². The summed E-state index contributed by atoms with van der Waals surface area (Å²) >= 11 is 3.40. The van der Waals surface area contributed by atoms with Gasteiger partial charge in [0.2, 0.25) is 0 Å². The summed E-state index contributed by atoms with van der Waals surface area (Å²) in [5, 5.41) is 3.91. The lowest BCUT2D eigenvalue weighted by Crippen LogP contribution is -2.38. The summed E-state index contributed by atoms with van der Waals surface area (Å²) in [4.78, 5) is 4.31. The summed E-state index contributed by atoms with van der Waals surface area (Å²) in [6.07, 6.45) is 0. The van der Waals surface area contributed by atoms with E-state index in [9.17, 15) is 0 Å². The maximum Gasteiger partial charge on any atom is 0.258 e. The van der Waals surface area contributed by atoms with Crippen molar-refractivity contribution in [3.05, 3.63) is 34.6 Å². The number of benzene rings is 1. The van der Waals surface area contributed by atoms with E-state index in [0.29, 0.717) is 18.3 Å². The molecule has 2 aromatic rings. The Hall–Kier alpha value is -1.24. The van der Waals surface area contributed by atoms with E-state index < -0.39 is 5.54 Å². The zero-order valence-corrected chi connectivity index (χ0v) is 11.8. The Morgan fingerprint density at radius 2 is 2.28 bits per heavy atom. The number of nitrogens with zero attached hydrogens (tertiary/aromatic N) is 2. The maximum absolute atomic E-state index is 6.05. The summed E-state index contributed by atoms with van der Waals surface area (Å²) in [6.45, 7) is 2.12. The van der Waals surface area contributed by atoms with Crippen LogP contribution in [0, 0.1) is 0 Å². The fraction of sp³-hybridized carbons (Fsp3) is 0.333. The van der Waals surface area contributed by atoms with E-state index in [1.54, 1.807) is 14.0 Å². The second-order valence-corrected chi connectivity index (χ2v) is 5.20. The Labute approximate surface area is 113 Å². The van der Waals surface area contributed by atoms with Crippen LogP contribution < -0.4 is 5.73 Å². The van der Waals surface area contributed by atoms with Crippen LogP contribution in [0.2, 0.25) is 0 Å². The minimum Gasteiger partial charge on any atom is -0.382 e. The van der Waals surface area contributed by atoms with E-state index in [-0.39, 0.29) is 0 Å². The summed E-state index contributed by atoms with van der Waals surface area (Å²) in [7, 11) is 1.58. The van der Waals surface area contributed by atoms with E-state index in [1.165, 1.54) is 0 Å². The number of ether oxygens (including phenoxy) is 1. The lowest BCUT2D eigenvalue weighted by atomic mass is 10.1. The average Bonchev–Trinajstić information content (AvgIpc) is 2.78. The van der Waals surface area contributed by atoms with Crippen molar-refractivity contribution < 1.29 is 9.26 Å². The average molecular weight is 312 g/mol. The molecule has 1 heterocycles. The first-order chi connectivity index (χ1) is 8.53. The monoisotopic (exact) mass is 311 g/mol. The number of methoxy groups -OCH3 is 1. The van der Waals surface area contributed by atoms with Gasteiger partial charge in [-0.15, -0.1) is 0 Å². The van der Waals surface area contributed by atoms with Crippen LogP contribution >= 0.6 is 15.9 Å². The van der Waals surface area contributed by atoms with E-state index in [4.69, 9.17) is 15.0 Å². The molecule has 5 nitrogen and oxygen atoms in total. The standard InChI is InChI=1S/C12H14BrN3O2/c1-12(14,7-17-2)11-15-10(18-16-11)8-4-3-5-9(13)6-8/h3-6H,7,14H2,1-2H3. The fourth-order valence-corrected chi connectivity index (χ4v) is 1.96. The Kier molecular flexibility index (Phi) is 3.79. The molecule has 0 radical (unpaired) electrons. The van der Waals surface area contributed by atoms with Crippen molar-refractivity contribution in [2.24, 2.45) is 5.73 Å². The summed E-state index contributed by atoms with van der Waals surface area (Å²) < 4.78 is 11.2. The highest BCUT2D eigenvalue weighted by Crippen LogP contribution is 2.23. The second kappa shape index (κ2) is 5.17. The van der Waals surface area contributed by atoms with Crippen molar-refractivity contribution in [2.45, 2.75) is 12.5 Å². The van der Waals surface area contributed by atoms with Gasteiger partial charge in [-0.05, 0) is 25.1 Å². The van der Waals surface area contributed by atoms with Gasteiger partial charge in [-0.1, -0.05) is 27.2 Å². The Morgan fingerprint density at radius 3 is 2.94 bits per heavy atom. The molecule has 0 bridgehead atoms. The molecule has 1 aromatic heterocycles.